The van der Waals surface area contributed by atoms with Crippen LogP contribution in [0.15, 0.2) is 12.1 Å². The first-order chi connectivity index (χ1) is 8.48. The van der Waals surface area contributed by atoms with Gasteiger partial charge in [0.25, 0.3) is 0 Å². The largest absolute Gasteiger partial charge is 0.507 e. The van der Waals surface area contributed by atoms with Gasteiger partial charge in [0.15, 0.2) is 0 Å². The fraction of sp³-hybridized carbons (Fsp3) is 0.625. The van der Waals surface area contributed by atoms with Gasteiger partial charge in [-0.25, -0.2) is 0 Å². The topological polar surface area (TPSA) is 66.5 Å². The quantitative estimate of drug-likeness (QED) is 0.770. The smallest absolute Gasteiger partial charge is 0.123 e. The molecule has 0 spiro atoms. The summed E-state index contributed by atoms with van der Waals surface area (Å²) in [7, 11) is 0. The second-order valence-corrected chi connectivity index (χ2v) is 7.25. The highest BCUT2D eigenvalue weighted by atomic mass is 16.3. The highest BCUT2D eigenvalue weighted by Crippen LogP contribution is 2.40. The average molecular weight is 265 g/mol. The summed E-state index contributed by atoms with van der Waals surface area (Å²) in [4.78, 5) is 0. The van der Waals surface area contributed by atoms with Crippen LogP contribution in [-0.4, -0.2) is 16.8 Å². The van der Waals surface area contributed by atoms with Gasteiger partial charge in [0.1, 0.15) is 5.75 Å². The Kier molecular flexibility index (Phi) is 4.33. The van der Waals surface area contributed by atoms with Crippen LogP contribution in [0, 0.1) is 0 Å². The highest BCUT2D eigenvalue weighted by Gasteiger charge is 2.27. The molecule has 0 unspecified atom stereocenters. The van der Waals surface area contributed by atoms with Gasteiger partial charge in [0.05, 0.1) is 12.6 Å². The minimum absolute atomic E-state index is 0.0993. The van der Waals surface area contributed by atoms with E-state index in [0.29, 0.717) is 5.75 Å². The van der Waals surface area contributed by atoms with Crippen LogP contribution < -0.4 is 5.73 Å². The van der Waals surface area contributed by atoms with Crippen LogP contribution in [0.25, 0.3) is 0 Å². The zero-order valence-electron chi connectivity index (χ0n) is 12.9. The predicted molar refractivity (Wildman–Crippen MR) is 79.5 cm³/mol. The third-order valence-corrected chi connectivity index (χ3v) is 3.37. The molecule has 0 heterocycles. The van der Waals surface area contributed by atoms with Gasteiger partial charge in [-0.05, 0) is 39.7 Å². The number of aliphatic hydroxyl groups excluding tert-OH is 1. The number of aromatic hydroxyl groups is 1. The zero-order valence-corrected chi connectivity index (χ0v) is 12.9. The minimum atomic E-state index is -0.414. The van der Waals surface area contributed by atoms with Crippen LogP contribution in [0.1, 0.15) is 64.3 Å². The summed E-state index contributed by atoms with van der Waals surface area (Å²) in [5.74, 6) is 0.342. The molecule has 1 atom stereocenters. The Bertz CT molecular complexity index is 418. The lowest BCUT2D eigenvalue weighted by Gasteiger charge is -2.29. The fourth-order valence-corrected chi connectivity index (χ4v) is 2.12. The Labute approximate surface area is 116 Å². The van der Waals surface area contributed by atoms with E-state index in [4.69, 9.17) is 5.73 Å². The summed E-state index contributed by atoms with van der Waals surface area (Å²) >= 11 is 0. The lowest BCUT2D eigenvalue weighted by Crippen LogP contribution is -2.21. The van der Waals surface area contributed by atoms with Crippen LogP contribution in [-0.2, 0) is 10.8 Å². The van der Waals surface area contributed by atoms with E-state index in [-0.39, 0.29) is 17.4 Å². The van der Waals surface area contributed by atoms with E-state index in [9.17, 15) is 10.2 Å². The van der Waals surface area contributed by atoms with Crippen molar-refractivity contribution < 1.29 is 10.2 Å². The second kappa shape index (κ2) is 5.14. The molecule has 108 valence electrons. The molecule has 3 nitrogen and oxygen atoms in total. The van der Waals surface area contributed by atoms with Crippen LogP contribution >= 0.6 is 0 Å². The first-order valence-corrected chi connectivity index (χ1v) is 6.72. The van der Waals surface area contributed by atoms with Gasteiger partial charge in [-0.3, -0.25) is 0 Å². The third-order valence-electron chi connectivity index (χ3n) is 3.37. The molecule has 1 aromatic carbocycles. The summed E-state index contributed by atoms with van der Waals surface area (Å²) in [6.45, 7) is 12.3. The molecule has 4 N–H and O–H groups in total. The maximum Gasteiger partial charge on any atom is 0.123 e. The normalized spacial score (nSPS) is 14.5. The number of nitrogens with two attached hydrogens (primary N) is 1. The second-order valence-electron chi connectivity index (χ2n) is 7.25. The number of hydrogen-bond acceptors (Lipinski definition) is 3. The summed E-state index contributed by atoms with van der Waals surface area (Å²) in [5.41, 5.74) is 8.21. The molecule has 0 aliphatic heterocycles. The van der Waals surface area contributed by atoms with Gasteiger partial charge in [-0.2, -0.15) is 0 Å². The van der Waals surface area contributed by atoms with Gasteiger partial charge in [-0.1, -0.05) is 41.5 Å². The van der Waals surface area contributed by atoms with E-state index in [1.807, 2.05) is 12.1 Å². The SMILES string of the molecule is CC(C)(C)c1cc([C@@H](N)CO)cc(C(C)(C)C)c1O. The van der Waals surface area contributed by atoms with Crippen molar-refractivity contribution in [3.63, 3.8) is 0 Å². The van der Waals surface area contributed by atoms with Crippen molar-refractivity contribution >= 4 is 0 Å². The highest BCUT2D eigenvalue weighted by molar-refractivity contribution is 5.50. The van der Waals surface area contributed by atoms with Crippen LogP contribution in [0.5, 0.6) is 5.75 Å². The Morgan fingerprint density at radius 3 is 1.63 bits per heavy atom. The number of hydrogen-bond donors (Lipinski definition) is 3. The van der Waals surface area contributed by atoms with Crippen LogP contribution in [0.3, 0.4) is 0 Å². The van der Waals surface area contributed by atoms with E-state index in [1.54, 1.807) is 0 Å². The molecule has 0 aromatic heterocycles. The van der Waals surface area contributed by atoms with Gasteiger partial charge < -0.3 is 15.9 Å². The number of benzene rings is 1. The molecule has 0 saturated heterocycles. The molecule has 1 rings (SSSR count). The average Bonchev–Trinajstić information content (AvgIpc) is 2.25. The van der Waals surface area contributed by atoms with E-state index in [2.05, 4.69) is 41.5 Å². The lowest BCUT2D eigenvalue weighted by atomic mass is 9.78. The van der Waals surface area contributed by atoms with E-state index in [1.165, 1.54) is 0 Å². The zero-order chi connectivity index (χ0) is 15.0. The first kappa shape index (κ1) is 16.0. The summed E-state index contributed by atoms with van der Waals surface area (Å²) in [6, 6.07) is 3.40. The maximum atomic E-state index is 10.5. The van der Waals surface area contributed by atoms with Crippen LogP contribution in [0.2, 0.25) is 0 Å². The van der Waals surface area contributed by atoms with E-state index < -0.39 is 6.04 Å². The number of aliphatic hydroxyl groups is 1. The van der Waals surface area contributed by atoms with Crippen molar-refractivity contribution in [3.8, 4) is 5.75 Å². The van der Waals surface area contributed by atoms with Crippen molar-refractivity contribution in [1.29, 1.82) is 0 Å². The van der Waals surface area contributed by atoms with Crippen LogP contribution in [0.4, 0.5) is 0 Å². The maximum absolute atomic E-state index is 10.5. The van der Waals surface area contributed by atoms with Gasteiger partial charge in [0, 0.05) is 0 Å². The van der Waals surface area contributed by atoms with Crippen molar-refractivity contribution in [2.75, 3.05) is 6.61 Å². The summed E-state index contributed by atoms with van der Waals surface area (Å²) < 4.78 is 0. The van der Waals surface area contributed by atoms with Crippen molar-refractivity contribution in [2.45, 2.75) is 58.4 Å². The summed E-state index contributed by atoms with van der Waals surface area (Å²) in [5, 5.41) is 19.8. The first-order valence-electron chi connectivity index (χ1n) is 6.72. The molecule has 0 amide bonds. The minimum Gasteiger partial charge on any atom is -0.507 e. The molecule has 0 radical (unpaired) electrons. The van der Waals surface area contributed by atoms with Gasteiger partial charge >= 0.3 is 0 Å². The number of rotatable bonds is 2. The molecule has 0 saturated carbocycles. The molecule has 19 heavy (non-hydrogen) atoms. The Morgan fingerprint density at radius 1 is 1.00 bits per heavy atom. The molecular formula is C16H27NO2. The Hall–Kier alpha value is -1.06. The Balaban J connectivity index is 3.57. The standard InChI is InChI=1S/C16H27NO2/c1-15(2,3)11-7-10(13(17)9-18)8-12(14(11)19)16(4,5)6/h7-8,13,18-19H,9,17H2,1-6H3/t13-/m0/s1. The van der Waals surface area contributed by atoms with Crippen molar-refractivity contribution in [1.82, 2.24) is 0 Å². The monoisotopic (exact) mass is 265 g/mol. The fourth-order valence-electron chi connectivity index (χ4n) is 2.12. The molecule has 1 aromatic rings. The van der Waals surface area contributed by atoms with Gasteiger partial charge in [-0.15, -0.1) is 0 Å². The summed E-state index contributed by atoms with van der Waals surface area (Å²) in [6.07, 6.45) is 0. The lowest BCUT2D eigenvalue weighted by molar-refractivity contribution is 0.267. The van der Waals surface area contributed by atoms with E-state index in [0.717, 1.165) is 16.7 Å². The van der Waals surface area contributed by atoms with E-state index >= 15 is 0 Å². The molecule has 0 aliphatic carbocycles. The Morgan fingerprint density at radius 2 is 1.37 bits per heavy atom. The predicted octanol–water partition coefficient (Wildman–Crippen LogP) is 2.98. The number of phenols is 1. The van der Waals surface area contributed by atoms with Crippen molar-refractivity contribution in [3.05, 3.63) is 28.8 Å². The molecular weight excluding hydrogens is 238 g/mol. The molecule has 0 fully saturated rings. The van der Waals surface area contributed by atoms with Gasteiger partial charge in [0.2, 0.25) is 0 Å². The molecule has 0 aliphatic rings. The van der Waals surface area contributed by atoms with Crippen molar-refractivity contribution in [2.24, 2.45) is 5.73 Å². The molecule has 3 heteroatoms. The third kappa shape index (κ3) is 3.48. The molecule has 0 bridgehead atoms. The number of phenolic OH excluding ortho intramolecular Hbond substituents is 1.